The SMILES string of the molecule is COc1ccc2oc3c(c(=O)c2c1)[C@H]1c2c(-c4ccccc4)nn(-c4ccccc4)c2SC[C@H]1C(C)(C)O3. The van der Waals surface area contributed by atoms with Gasteiger partial charge in [-0.05, 0) is 44.2 Å². The second kappa shape index (κ2) is 8.53. The maximum atomic E-state index is 14.2. The Bertz CT molecular complexity index is 1740. The van der Waals surface area contributed by atoms with Gasteiger partial charge in [-0.2, -0.15) is 5.10 Å². The maximum absolute atomic E-state index is 14.2. The topological polar surface area (TPSA) is 66.5 Å². The van der Waals surface area contributed by atoms with Crippen LogP contribution in [0.5, 0.6) is 11.7 Å². The second-order valence-corrected chi connectivity index (χ2v) is 11.3. The van der Waals surface area contributed by atoms with Gasteiger partial charge in [0.15, 0.2) is 0 Å². The number of rotatable bonds is 3. The molecule has 2 aromatic heterocycles. The molecule has 0 saturated carbocycles. The zero-order valence-corrected chi connectivity index (χ0v) is 22.1. The lowest BCUT2D eigenvalue weighted by Crippen LogP contribution is -2.48. The van der Waals surface area contributed by atoms with Gasteiger partial charge in [0, 0.05) is 28.7 Å². The largest absolute Gasteiger partial charge is 0.497 e. The summed E-state index contributed by atoms with van der Waals surface area (Å²) in [6.45, 7) is 4.17. The van der Waals surface area contributed by atoms with Gasteiger partial charge < -0.3 is 13.9 Å². The van der Waals surface area contributed by atoms with Crippen molar-refractivity contribution in [2.75, 3.05) is 12.9 Å². The van der Waals surface area contributed by atoms with Gasteiger partial charge in [-0.15, -0.1) is 11.8 Å². The van der Waals surface area contributed by atoms with E-state index in [9.17, 15) is 4.79 Å². The van der Waals surface area contributed by atoms with Gasteiger partial charge in [0.2, 0.25) is 5.43 Å². The molecular formula is C31H26N2O4S. The molecule has 0 fully saturated rings. The fourth-order valence-electron chi connectivity index (χ4n) is 5.75. The Balaban J connectivity index is 1.56. The molecule has 0 saturated heterocycles. The summed E-state index contributed by atoms with van der Waals surface area (Å²) < 4.78 is 20.2. The van der Waals surface area contributed by atoms with Gasteiger partial charge in [0.25, 0.3) is 5.95 Å². The molecule has 190 valence electrons. The zero-order valence-electron chi connectivity index (χ0n) is 21.3. The van der Waals surface area contributed by atoms with Crippen LogP contribution in [0, 0.1) is 5.92 Å². The number of para-hydroxylation sites is 1. The lowest BCUT2D eigenvalue weighted by Gasteiger charge is -2.45. The van der Waals surface area contributed by atoms with Crippen LogP contribution in [0.3, 0.4) is 0 Å². The molecule has 5 aromatic rings. The van der Waals surface area contributed by atoms with Crippen LogP contribution in [0.2, 0.25) is 0 Å². The zero-order chi connectivity index (χ0) is 26.0. The number of ether oxygens (including phenoxy) is 2. The summed E-state index contributed by atoms with van der Waals surface area (Å²) >= 11 is 1.77. The predicted octanol–water partition coefficient (Wildman–Crippen LogP) is 6.68. The molecule has 2 aliphatic rings. The van der Waals surface area contributed by atoms with Crippen molar-refractivity contribution in [3.63, 3.8) is 0 Å². The third kappa shape index (κ3) is 3.42. The molecule has 4 heterocycles. The average Bonchev–Trinajstić information content (AvgIpc) is 3.33. The Labute approximate surface area is 224 Å². The van der Waals surface area contributed by atoms with Crippen LogP contribution in [0.25, 0.3) is 27.9 Å². The highest BCUT2D eigenvalue weighted by molar-refractivity contribution is 7.99. The summed E-state index contributed by atoms with van der Waals surface area (Å²) in [7, 11) is 1.59. The van der Waals surface area contributed by atoms with Gasteiger partial charge in [0.05, 0.1) is 29.4 Å². The fourth-order valence-corrected chi connectivity index (χ4v) is 7.33. The van der Waals surface area contributed by atoms with E-state index in [-0.39, 0.29) is 17.3 Å². The number of hydrogen-bond donors (Lipinski definition) is 0. The van der Waals surface area contributed by atoms with Crippen LogP contribution in [0.15, 0.2) is 93.1 Å². The summed E-state index contributed by atoms with van der Waals surface area (Å²) in [5.41, 5.74) is 4.32. The van der Waals surface area contributed by atoms with Crippen molar-refractivity contribution in [2.24, 2.45) is 5.92 Å². The quantitative estimate of drug-likeness (QED) is 0.263. The number of aromatic nitrogens is 2. The lowest BCUT2D eigenvalue weighted by atomic mass is 9.71. The third-order valence-corrected chi connectivity index (χ3v) is 8.89. The van der Waals surface area contributed by atoms with Crippen LogP contribution in [-0.4, -0.2) is 28.2 Å². The molecule has 0 bridgehead atoms. The van der Waals surface area contributed by atoms with Gasteiger partial charge in [-0.3, -0.25) is 4.79 Å². The summed E-state index contributed by atoms with van der Waals surface area (Å²) in [6, 6.07) is 25.7. The summed E-state index contributed by atoms with van der Waals surface area (Å²) in [4.78, 5) is 14.2. The molecule has 2 aliphatic heterocycles. The van der Waals surface area contributed by atoms with Gasteiger partial charge in [-0.1, -0.05) is 48.5 Å². The Morgan fingerprint density at radius 1 is 1.00 bits per heavy atom. The number of hydrogen-bond acceptors (Lipinski definition) is 6. The number of benzene rings is 3. The van der Waals surface area contributed by atoms with Crippen molar-refractivity contribution in [1.29, 1.82) is 0 Å². The lowest BCUT2D eigenvalue weighted by molar-refractivity contribution is 0.00241. The predicted molar refractivity (Wildman–Crippen MR) is 149 cm³/mol. The highest BCUT2D eigenvalue weighted by Gasteiger charge is 2.51. The molecule has 2 atom stereocenters. The standard InChI is InChI=1S/C31H26N2O4S/c1-31(2)22-17-38-29-25(27(18-10-6-4-7-11-18)32-33(29)19-12-8-5-9-13-19)24(22)26-28(34)21-16-20(35-3)14-15-23(21)36-30(26)37-31/h4-16,22,24H,17H2,1-3H3/t22-,24-/m1/s1. The Kier molecular flexibility index (Phi) is 5.20. The van der Waals surface area contributed by atoms with E-state index >= 15 is 0 Å². The smallest absolute Gasteiger partial charge is 0.293 e. The van der Waals surface area contributed by atoms with Crippen LogP contribution >= 0.6 is 11.8 Å². The van der Waals surface area contributed by atoms with Crippen molar-refractivity contribution in [3.05, 3.63) is 100 Å². The molecule has 0 amide bonds. The minimum Gasteiger partial charge on any atom is -0.497 e. The first-order chi connectivity index (χ1) is 18.5. The molecular weight excluding hydrogens is 496 g/mol. The van der Waals surface area contributed by atoms with Gasteiger partial charge in [-0.25, -0.2) is 4.68 Å². The van der Waals surface area contributed by atoms with Gasteiger partial charge >= 0.3 is 0 Å². The Morgan fingerprint density at radius 2 is 1.74 bits per heavy atom. The molecule has 3 aromatic carbocycles. The highest BCUT2D eigenvalue weighted by Crippen LogP contribution is 2.56. The van der Waals surface area contributed by atoms with Crippen LogP contribution in [-0.2, 0) is 0 Å². The van der Waals surface area contributed by atoms with E-state index in [1.54, 1.807) is 37.1 Å². The summed E-state index contributed by atoms with van der Waals surface area (Å²) in [5, 5.41) is 6.70. The number of fused-ring (bicyclic) bond motifs is 6. The maximum Gasteiger partial charge on any atom is 0.293 e. The number of thioether (sulfide) groups is 1. The van der Waals surface area contributed by atoms with E-state index in [1.165, 1.54) is 0 Å². The van der Waals surface area contributed by atoms with Crippen molar-refractivity contribution in [3.8, 4) is 28.6 Å². The number of nitrogens with zero attached hydrogens (tertiary/aromatic N) is 2. The fraction of sp³-hybridized carbons (Fsp3) is 0.226. The molecule has 7 rings (SSSR count). The van der Waals surface area contributed by atoms with E-state index in [0.29, 0.717) is 28.2 Å². The summed E-state index contributed by atoms with van der Waals surface area (Å²) in [6.07, 6.45) is 0. The minimum absolute atomic E-state index is 0.0364. The molecule has 38 heavy (non-hydrogen) atoms. The molecule has 0 N–H and O–H groups in total. The van der Waals surface area contributed by atoms with Crippen molar-refractivity contribution >= 4 is 22.7 Å². The van der Waals surface area contributed by atoms with E-state index < -0.39 is 5.60 Å². The minimum atomic E-state index is -0.554. The van der Waals surface area contributed by atoms with E-state index in [1.807, 2.05) is 41.1 Å². The Hall–Kier alpha value is -3.97. The Morgan fingerprint density at radius 3 is 2.47 bits per heavy atom. The van der Waals surface area contributed by atoms with E-state index in [0.717, 1.165) is 33.3 Å². The molecule has 0 aliphatic carbocycles. The first kappa shape index (κ1) is 23.2. The first-order valence-corrected chi connectivity index (χ1v) is 13.6. The number of methoxy groups -OCH3 is 1. The third-order valence-electron chi connectivity index (χ3n) is 7.70. The summed E-state index contributed by atoms with van der Waals surface area (Å²) in [5.74, 6) is 1.48. The molecule has 7 heteroatoms. The van der Waals surface area contributed by atoms with Gasteiger partial charge in [0.1, 0.15) is 22.0 Å². The highest BCUT2D eigenvalue weighted by atomic mass is 32.2. The normalized spacial score (nSPS) is 19.2. The first-order valence-electron chi connectivity index (χ1n) is 12.7. The van der Waals surface area contributed by atoms with Crippen molar-refractivity contribution in [2.45, 2.75) is 30.4 Å². The van der Waals surface area contributed by atoms with Crippen LogP contribution < -0.4 is 14.9 Å². The van der Waals surface area contributed by atoms with Crippen LogP contribution in [0.4, 0.5) is 0 Å². The monoisotopic (exact) mass is 522 g/mol. The second-order valence-electron chi connectivity index (χ2n) is 10.3. The van der Waals surface area contributed by atoms with Crippen LogP contribution in [0.1, 0.15) is 30.9 Å². The molecule has 0 unspecified atom stereocenters. The van der Waals surface area contributed by atoms with E-state index in [4.69, 9.17) is 19.0 Å². The van der Waals surface area contributed by atoms with Crippen molar-refractivity contribution in [1.82, 2.24) is 9.78 Å². The molecule has 0 radical (unpaired) electrons. The van der Waals surface area contributed by atoms with Crippen molar-refractivity contribution < 1.29 is 13.9 Å². The average molecular weight is 523 g/mol. The molecule has 0 spiro atoms. The van der Waals surface area contributed by atoms with E-state index in [2.05, 4.69) is 38.1 Å². The molecule has 6 nitrogen and oxygen atoms in total.